The molecular weight excluding hydrogens is 429 g/mol. The Balaban J connectivity index is 1.95. The molecule has 0 N–H and O–H groups in total. The standard InChI is InChI=1S/C21H21Cl2N3O2S/c1-14(2)21-24-19(13-25(21)3)15-8-10-17(11-9-15)26(29(4,27)28)12-16-6-5-7-18(22)20(16)23/h5-11,13H,1,12H2,2-4H3. The summed E-state index contributed by atoms with van der Waals surface area (Å²) in [6.07, 6.45) is 3.08. The van der Waals surface area contributed by atoms with Gasteiger partial charge in [0, 0.05) is 18.8 Å². The van der Waals surface area contributed by atoms with E-state index < -0.39 is 10.0 Å². The topological polar surface area (TPSA) is 55.2 Å². The SMILES string of the molecule is C=C(C)c1nc(-c2ccc(N(Cc3cccc(Cl)c3Cl)S(C)(=O)=O)cc2)cn1C. The van der Waals surface area contributed by atoms with Gasteiger partial charge in [-0.05, 0) is 36.3 Å². The molecule has 1 heterocycles. The first kappa shape index (κ1) is 21.4. The van der Waals surface area contributed by atoms with E-state index in [0.29, 0.717) is 21.3 Å². The van der Waals surface area contributed by atoms with Crippen molar-refractivity contribution in [3.8, 4) is 11.3 Å². The van der Waals surface area contributed by atoms with E-state index in [4.69, 9.17) is 23.2 Å². The van der Waals surface area contributed by atoms with Crippen molar-refractivity contribution in [2.45, 2.75) is 13.5 Å². The number of aryl methyl sites for hydroxylation is 1. The number of allylic oxidation sites excluding steroid dienone is 1. The molecule has 0 aliphatic carbocycles. The van der Waals surface area contributed by atoms with Gasteiger partial charge in [-0.25, -0.2) is 13.4 Å². The van der Waals surface area contributed by atoms with E-state index >= 15 is 0 Å². The number of hydrogen-bond acceptors (Lipinski definition) is 3. The molecule has 0 radical (unpaired) electrons. The highest BCUT2D eigenvalue weighted by atomic mass is 35.5. The fourth-order valence-electron chi connectivity index (χ4n) is 3.03. The maximum absolute atomic E-state index is 12.4. The van der Waals surface area contributed by atoms with E-state index in [-0.39, 0.29) is 6.54 Å². The van der Waals surface area contributed by atoms with E-state index in [2.05, 4.69) is 11.6 Å². The number of nitrogens with zero attached hydrogens (tertiary/aromatic N) is 3. The second-order valence-corrected chi connectivity index (χ2v) is 9.56. The first-order valence-corrected chi connectivity index (χ1v) is 11.4. The second-order valence-electron chi connectivity index (χ2n) is 6.87. The number of rotatable bonds is 6. The zero-order valence-electron chi connectivity index (χ0n) is 16.4. The van der Waals surface area contributed by atoms with Gasteiger partial charge in [-0.2, -0.15) is 0 Å². The quantitative estimate of drug-likeness (QED) is 0.506. The molecule has 0 fully saturated rings. The number of halogens is 2. The molecule has 3 rings (SSSR count). The Morgan fingerprint density at radius 3 is 2.38 bits per heavy atom. The third kappa shape index (κ3) is 4.66. The van der Waals surface area contributed by atoms with Crippen molar-refractivity contribution in [1.29, 1.82) is 0 Å². The minimum Gasteiger partial charge on any atom is -0.334 e. The fourth-order valence-corrected chi connectivity index (χ4v) is 4.28. The number of imidazole rings is 1. The van der Waals surface area contributed by atoms with Crippen molar-refractivity contribution >= 4 is 44.5 Å². The molecule has 3 aromatic rings. The van der Waals surface area contributed by atoms with Crippen LogP contribution in [0.3, 0.4) is 0 Å². The highest BCUT2D eigenvalue weighted by Gasteiger charge is 2.20. The Morgan fingerprint density at radius 2 is 1.83 bits per heavy atom. The van der Waals surface area contributed by atoms with Crippen molar-refractivity contribution in [3.63, 3.8) is 0 Å². The molecule has 2 aromatic carbocycles. The molecule has 0 spiro atoms. The van der Waals surface area contributed by atoms with Crippen LogP contribution in [0.15, 0.2) is 55.2 Å². The molecule has 0 saturated carbocycles. The Hall–Kier alpha value is -2.28. The molecule has 0 bridgehead atoms. The number of benzene rings is 2. The molecule has 8 heteroatoms. The molecule has 29 heavy (non-hydrogen) atoms. The molecule has 1 aromatic heterocycles. The third-order valence-corrected chi connectivity index (χ3v) is 6.45. The number of anilines is 1. The lowest BCUT2D eigenvalue weighted by atomic mass is 10.1. The maximum Gasteiger partial charge on any atom is 0.232 e. The van der Waals surface area contributed by atoms with E-state index in [0.717, 1.165) is 28.9 Å². The fraction of sp³-hybridized carbons (Fsp3) is 0.190. The molecule has 152 valence electrons. The van der Waals surface area contributed by atoms with Crippen LogP contribution >= 0.6 is 23.2 Å². The van der Waals surface area contributed by atoms with Gasteiger partial charge < -0.3 is 4.57 Å². The summed E-state index contributed by atoms with van der Waals surface area (Å²) < 4.78 is 28.1. The van der Waals surface area contributed by atoms with Crippen LogP contribution in [0.25, 0.3) is 16.8 Å². The van der Waals surface area contributed by atoms with Gasteiger partial charge in [0.05, 0.1) is 34.2 Å². The molecule has 0 unspecified atom stereocenters. The lowest BCUT2D eigenvalue weighted by Crippen LogP contribution is -2.29. The number of sulfonamides is 1. The first-order valence-electron chi connectivity index (χ1n) is 8.78. The van der Waals surface area contributed by atoms with Gasteiger partial charge in [0.15, 0.2) is 0 Å². The van der Waals surface area contributed by atoms with Gasteiger partial charge in [-0.1, -0.05) is 54.0 Å². The Labute approximate surface area is 181 Å². The highest BCUT2D eigenvalue weighted by molar-refractivity contribution is 7.92. The van der Waals surface area contributed by atoms with Crippen LogP contribution < -0.4 is 4.31 Å². The van der Waals surface area contributed by atoms with Gasteiger partial charge in [-0.15, -0.1) is 0 Å². The van der Waals surface area contributed by atoms with Gasteiger partial charge in [-0.3, -0.25) is 4.31 Å². The van der Waals surface area contributed by atoms with Crippen molar-refractivity contribution in [3.05, 3.63) is 76.7 Å². The summed E-state index contributed by atoms with van der Waals surface area (Å²) in [4.78, 5) is 4.59. The Morgan fingerprint density at radius 1 is 1.17 bits per heavy atom. The summed E-state index contributed by atoms with van der Waals surface area (Å²) in [7, 11) is -1.63. The first-order chi connectivity index (χ1) is 13.6. The maximum atomic E-state index is 12.4. The van der Waals surface area contributed by atoms with Crippen LogP contribution in [0.2, 0.25) is 10.0 Å². The average molecular weight is 450 g/mol. The molecule has 0 aliphatic rings. The van der Waals surface area contributed by atoms with Gasteiger partial charge >= 0.3 is 0 Å². The Kier molecular flexibility index (Phi) is 6.08. The highest BCUT2D eigenvalue weighted by Crippen LogP contribution is 2.30. The zero-order chi connectivity index (χ0) is 21.3. The van der Waals surface area contributed by atoms with Crippen molar-refractivity contribution in [1.82, 2.24) is 9.55 Å². The molecule has 0 atom stereocenters. The summed E-state index contributed by atoms with van der Waals surface area (Å²) in [6, 6.07) is 12.4. The largest absolute Gasteiger partial charge is 0.334 e. The molecule has 0 amide bonds. The van der Waals surface area contributed by atoms with Gasteiger partial charge in [0.1, 0.15) is 5.82 Å². The smallest absolute Gasteiger partial charge is 0.232 e. The average Bonchev–Trinajstić information content (AvgIpc) is 3.04. The lowest BCUT2D eigenvalue weighted by molar-refractivity contribution is 0.596. The summed E-state index contributed by atoms with van der Waals surface area (Å²) in [5.74, 6) is 0.803. The third-order valence-electron chi connectivity index (χ3n) is 4.46. The monoisotopic (exact) mass is 449 g/mol. The van der Waals surface area contributed by atoms with E-state index in [1.807, 2.05) is 36.9 Å². The minimum absolute atomic E-state index is 0.0843. The zero-order valence-corrected chi connectivity index (χ0v) is 18.7. The number of aromatic nitrogens is 2. The van der Waals surface area contributed by atoms with Crippen molar-refractivity contribution < 1.29 is 8.42 Å². The lowest BCUT2D eigenvalue weighted by Gasteiger charge is -2.23. The van der Waals surface area contributed by atoms with Crippen LogP contribution in [-0.4, -0.2) is 24.2 Å². The van der Waals surface area contributed by atoms with Crippen LogP contribution in [0.1, 0.15) is 18.3 Å². The molecule has 0 saturated heterocycles. The minimum atomic E-state index is -3.54. The molecule has 5 nitrogen and oxygen atoms in total. The summed E-state index contributed by atoms with van der Waals surface area (Å²) in [6.45, 7) is 5.92. The predicted octanol–water partition coefficient (Wildman–Crippen LogP) is 5.39. The van der Waals surface area contributed by atoms with E-state index in [1.54, 1.807) is 30.3 Å². The van der Waals surface area contributed by atoms with Crippen LogP contribution in [0.5, 0.6) is 0 Å². The van der Waals surface area contributed by atoms with Crippen molar-refractivity contribution in [2.24, 2.45) is 7.05 Å². The van der Waals surface area contributed by atoms with Crippen LogP contribution in [-0.2, 0) is 23.6 Å². The predicted molar refractivity (Wildman–Crippen MR) is 121 cm³/mol. The van der Waals surface area contributed by atoms with Crippen LogP contribution in [0.4, 0.5) is 5.69 Å². The molecule has 0 aliphatic heterocycles. The van der Waals surface area contributed by atoms with Gasteiger partial charge in [0.2, 0.25) is 10.0 Å². The molecular formula is C21H21Cl2N3O2S. The summed E-state index contributed by atoms with van der Waals surface area (Å²) in [5, 5.41) is 0.733. The number of hydrogen-bond donors (Lipinski definition) is 0. The van der Waals surface area contributed by atoms with E-state index in [1.165, 1.54) is 4.31 Å². The van der Waals surface area contributed by atoms with Crippen LogP contribution in [0, 0.1) is 0 Å². The van der Waals surface area contributed by atoms with E-state index in [9.17, 15) is 8.42 Å². The normalized spacial score (nSPS) is 11.5. The Bertz CT molecular complexity index is 1170. The van der Waals surface area contributed by atoms with Crippen molar-refractivity contribution in [2.75, 3.05) is 10.6 Å². The summed E-state index contributed by atoms with van der Waals surface area (Å²) >= 11 is 12.3. The van der Waals surface area contributed by atoms with Gasteiger partial charge in [0.25, 0.3) is 0 Å². The second kappa shape index (κ2) is 8.22. The summed E-state index contributed by atoms with van der Waals surface area (Å²) in [5.41, 5.74) is 3.71.